The molecule has 0 heterocycles. The summed E-state index contributed by atoms with van der Waals surface area (Å²) in [7, 11) is 0. The zero-order chi connectivity index (χ0) is 40.8. The van der Waals surface area contributed by atoms with Crippen molar-refractivity contribution in [2.45, 2.75) is 264 Å². The summed E-state index contributed by atoms with van der Waals surface area (Å²) in [6, 6.07) is 0. The average molecular weight is 789 g/mol. The Morgan fingerprint density at radius 3 is 0.946 bits per heavy atom. The Morgan fingerprint density at radius 2 is 0.607 bits per heavy atom. The molecule has 0 spiro atoms. The van der Waals surface area contributed by atoms with Crippen LogP contribution in [0, 0.1) is 0 Å². The van der Waals surface area contributed by atoms with E-state index in [0.717, 1.165) is 77.0 Å². The smallest absolute Gasteiger partial charge is 0.306 e. The molecule has 0 aliphatic heterocycles. The second-order valence-corrected chi connectivity index (χ2v) is 16.4. The van der Waals surface area contributed by atoms with Gasteiger partial charge in [-0.2, -0.15) is 0 Å². The van der Waals surface area contributed by atoms with Crippen molar-refractivity contribution < 1.29 is 28.6 Å². The lowest BCUT2D eigenvalue weighted by Crippen LogP contribution is -2.30. The highest BCUT2D eigenvalue weighted by atomic mass is 16.6. The highest BCUT2D eigenvalue weighted by Gasteiger charge is 2.19. The Kier molecular flexibility index (Phi) is 43.9. The van der Waals surface area contributed by atoms with E-state index in [0.29, 0.717) is 19.3 Å². The lowest BCUT2D eigenvalue weighted by Gasteiger charge is -2.18. The summed E-state index contributed by atoms with van der Waals surface area (Å²) in [6.45, 7) is 6.56. The third kappa shape index (κ3) is 43.0. The van der Waals surface area contributed by atoms with Crippen LogP contribution in [-0.4, -0.2) is 37.2 Å². The minimum atomic E-state index is -0.772. The molecule has 56 heavy (non-hydrogen) atoms. The van der Waals surface area contributed by atoms with Gasteiger partial charge in [0.2, 0.25) is 0 Å². The molecule has 0 fully saturated rings. The first-order chi connectivity index (χ1) is 27.5. The Labute approximate surface area is 347 Å². The van der Waals surface area contributed by atoms with Crippen LogP contribution in [0.1, 0.15) is 258 Å². The lowest BCUT2D eigenvalue weighted by molar-refractivity contribution is -0.167. The van der Waals surface area contributed by atoms with E-state index in [1.165, 1.54) is 141 Å². The summed E-state index contributed by atoms with van der Waals surface area (Å²) in [5.41, 5.74) is 0. The number of hydrogen-bond donors (Lipinski definition) is 0. The van der Waals surface area contributed by atoms with Crippen LogP contribution in [-0.2, 0) is 28.6 Å². The van der Waals surface area contributed by atoms with Gasteiger partial charge in [0.05, 0.1) is 0 Å². The molecule has 0 aliphatic carbocycles. The molecule has 0 saturated carbocycles. The number of allylic oxidation sites excluding steroid dienone is 4. The van der Waals surface area contributed by atoms with Gasteiger partial charge in [-0.3, -0.25) is 14.4 Å². The maximum absolute atomic E-state index is 12.7. The van der Waals surface area contributed by atoms with Crippen LogP contribution < -0.4 is 0 Å². The molecule has 0 bridgehead atoms. The van der Waals surface area contributed by atoms with Gasteiger partial charge in [-0.25, -0.2) is 0 Å². The number of carbonyl (C=O) groups excluding carboxylic acids is 3. The van der Waals surface area contributed by atoms with Crippen molar-refractivity contribution in [3.05, 3.63) is 24.3 Å². The van der Waals surface area contributed by atoms with Crippen LogP contribution in [0.25, 0.3) is 0 Å². The Bertz CT molecular complexity index is 911. The summed E-state index contributed by atoms with van der Waals surface area (Å²) in [6.07, 6.45) is 50.2. The number of hydrogen-bond acceptors (Lipinski definition) is 6. The molecule has 0 amide bonds. The van der Waals surface area contributed by atoms with E-state index in [-0.39, 0.29) is 31.1 Å². The summed E-state index contributed by atoms with van der Waals surface area (Å²) in [5, 5.41) is 0. The first-order valence-corrected chi connectivity index (χ1v) is 24.3. The highest BCUT2D eigenvalue weighted by molar-refractivity contribution is 5.71. The van der Waals surface area contributed by atoms with Crippen LogP contribution in [0.15, 0.2) is 24.3 Å². The number of unbranched alkanes of at least 4 members (excludes halogenated alkanes) is 29. The van der Waals surface area contributed by atoms with E-state index in [1.807, 2.05) is 0 Å². The van der Waals surface area contributed by atoms with Gasteiger partial charge in [0, 0.05) is 19.3 Å². The van der Waals surface area contributed by atoms with Crippen molar-refractivity contribution in [3.8, 4) is 0 Å². The molecule has 0 aromatic rings. The number of ether oxygens (including phenoxy) is 3. The van der Waals surface area contributed by atoms with Crippen molar-refractivity contribution in [2.24, 2.45) is 0 Å². The molecule has 0 aliphatic rings. The quantitative estimate of drug-likeness (QED) is 0.0265. The molecule has 0 radical (unpaired) electrons. The van der Waals surface area contributed by atoms with E-state index in [2.05, 4.69) is 45.1 Å². The lowest BCUT2D eigenvalue weighted by atomic mass is 10.0. The molecule has 0 N–H and O–H groups in total. The molecule has 0 aromatic carbocycles. The SMILES string of the molecule is CCCC/C=C\CCCCCCCC(=O)OCC(COC(=O)CCCCCCCCCCCCCCCCCC)OC(=O)CCCCCCC/C=C\CCCC. The molecule has 1 atom stereocenters. The van der Waals surface area contributed by atoms with E-state index >= 15 is 0 Å². The van der Waals surface area contributed by atoms with Gasteiger partial charge in [0.25, 0.3) is 0 Å². The van der Waals surface area contributed by atoms with E-state index in [1.54, 1.807) is 0 Å². The normalized spacial score (nSPS) is 12.1. The molecular formula is C50H92O6. The van der Waals surface area contributed by atoms with Crippen molar-refractivity contribution in [1.82, 2.24) is 0 Å². The van der Waals surface area contributed by atoms with Crippen LogP contribution in [0.4, 0.5) is 0 Å². The van der Waals surface area contributed by atoms with E-state index in [4.69, 9.17) is 14.2 Å². The molecule has 328 valence electrons. The van der Waals surface area contributed by atoms with Crippen molar-refractivity contribution in [2.75, 3.05) is 13.2 Å². The van der Waals surface area contributed by atoms with Gasteiger partial charge in [-0.05, 0) is 57.8 Å². The molecule has 6 heteroatoms. The summed E-state index contributed by atoms with van der Waals surface area (Å²) in [4.78, 5) is 37.8. The fourth-order valence-corrected chi connectivity index (χ4v) is 6.93. The molecule has 0 aromatic heterocycles. The van der Waals surface area contributed by atoms with Gasteiger partial charge in [-0.15, -0.1) is 0 Å². The molecule has 0 rings (SSSR count). The minimum Gasteiger partial charge on any atom is -0.462 e. The fourth-order valence-electron chi connectivity index (χ4n) is 6.93. The largest absolute Gasteiger partial charge is 0.462 e. The standard InChI is InChI=1S/C50H92O6/c1-4-7-10-13-16-19-22-23-24-25-26-29-31-34-37-40-43-49(52)55-46-47(56-50(53)44-41-38-35-32-28-21-18-15-12-9-6-3)45-54-48(51)42-39-36-33-30-27-20-17-14-11-8-5-2/h14-15,17-18,47H,4-13,16,19-46H2,1-3H3/b17-14-,18-15-. The summed E-state index contributed by atoms with van der Waals surface area (Å²) < 4.78 is 16.7. The molecule has 6 nitrogen and oxygen atoms in total. The third-order valence-corrected chi connectivity index (χ3v) is 10.7. The Balaban J connectivity index is 4.31. The molecule has 0 saturated heterocycles. The van der Waals surface area contributed by atoms with Gasteiger partial charge in [0.15, 0.2) is 6.10 Å². The summed E-state index contributed by atoms with van der Waals surface area (Å²) >= 11 is 0. The first kappa shape index (κ1) is 53.9. The van der Waals surface area contributed by atoms with Crippen molar-refractivity contribution in [3.63, 3.8) is 0 Å². The van der Waals surface area contributed by atoms with Crippen LogP contribution in [0.5, 0.6) is 0 Å². The Hall–Kier alpha value is -2.11. The van der Waals surface area contributed by atoms with Gasteiger partial charge in [-0.1, -0.05) is 206 Å². The zero-order valence-electron chi connectivity index (χ0n) is 37.4. The number of carbonyl (C=O) groups is 3. The zero-order valence-corrected chi connectivity index (χ0v) is 37.4. The van der Waals surface area contributed by atoms with Gasteiger partial charge >= 0.3 is 17.9 Å². The minimum absolute atomic E-state index is 0.0740. The monoisotopic (exact) mass is 789 g/mol. The second kappa shape index (κ2) is 45.6. The Morgan fingerprint density at radius 1 is 0.339 bits per heavy atom. The maximum atomic E-state index is 12.7. The van der Waals surface area contributed by atoms with E-state index in [9.17, 15) is 14.4 Å². The van der Waals surface area contributed by atoms with Crippen LogP contribution in [0.2, 0.25) is 0 Å². The van der Waals surface area contributed by atoms with Crippen LogP contribution in [0.3, 0.4) is 0 Å². The van der Waals surface area contributed by atoms with Crippen LogP contribution >= 0.6 is 0 Å². The fraction of sp³-hybridized carbons (Fsp3) is 0.860. The predicted molar refractivity (Wildman–Crippen MR) is 238 cm³/mol. The predicted octanol–water partition coefficient (Wildman–Crippen LogP) is 15.6. The van der Waals surface area contributed by atoms with Gasteiger partial charge in [0.1, 0.15) is 13.2 Å². The highest BCUT2D eigenvalue weighted by Crippen LogP contribution is 2.15. The van der Waals surface area contributed by atoms with Crippen molar-refractivity contribution >= 4 is 17.9 Å². The van der Waals surface area contributed by atoms with Gasteiger partial charge < -0.3 is 14.2 Å². The van der Waals surface area contributed by atoms with E-state index < -0.39 is 6.10 Å². The first-order valence-electron chi connectivity index (χ1n) is 24.3. The second-order valence-electron chi connectivity index (χ2n) is 16.4. The average Bonchev–Trinajstić information content (AvgIpc) is 3.19. The molecular weight excluding hydrogens is 697 g/mol. The molecule has 1 unspecified atom stereocenters. The third-order valence-electron chi connectivity index (χ3n) is 10.7. The summed E-state index contributed by atoms with van der Waals surface area (Å²) in [5.74, 6) is -0.886. The van der Waals surface area contributed by atoms with Crippen molar-refractivity contribution in [1.29, 1.82) is 0 Å². The number of esters is 3. The number of rotatable bonds is 44. The maximum Gasteiger partial charge on any atom is 0.306 e. The topological polar surface area (TPSA) is 78.9 Å².